The third kappa shape index (κ3) is 5.43. The summed E-state index contributed by atoms with van der Waals surface area (Å²) in [4.78, 5) is 0. The molecule has 1 aliphatic carbocycles. The first-order valence-corrected chi connectivity index (χ1v) is 13.3. The number of methoxy groups -OCH3 is 1. The summed E-state index contributed by atoms with van der Waals surface area (Å²) in [6.45, 7) is 17.4. The van der Waals surface area contributed by atoms with Crippen LogP contribution in [0.25, 0.3) is 0 Å². The molecule has 2 atom stereocenters. The number of hydrogen-bond acceptors (Lipinski definition) is 4. The van der Waals surface area contributed by atoms with Gasteiger partial charge in [-0.3, -0.25) is 0 Å². The van der Waals surface area contributed by atoms with Crippen molar-refractivity contribution in [2.24, 2.45) is 5.41 Å². The third-order valence-corrected chi connectivity index (χ3v) is 8.09. The first kappa shape index (κ1) is 25.4. The Morgan fingerprint density at radius 1 is 1.06 bits per heavy atom. The zero-order valence-electron chi connectivity index (χ0n) is 22.0. The van der Waals surface area contributed by atoms with E-state index < -0.39 is 8.60 Å². The smallest absolute Gasteiger partial charge is 0.497 e. The van der Waals surface area contributed by atoms with Crippen LogP contribution in [0, 0.1) is 12.3 Å². The fourth-order valence-electron chi connectivity index (χ4n) is 5.21. The lowest BCUT2D eigenvalue weighted by molar-refractivity contribution is 0.311. The van der Waals surface area contributed by atoms with Gasteiger partial charge in [0.2, 0.25) is 0 Å². The van der Waals surface area contributed by atoms with E-state index in [9.17, 15) is 0 Å². The molecule has 0 saturated carbocycles. The molecule has 2 aromatic rings. The molecule has 4 rings (SSSR count). The van der Waals surface area contributed by atoms with Crippen molar-refractivity contribution in [3.63, 3.8) is 0 Å². The molecule has 35 heavy (non-hydrogen) atoms. The van der Waals surface area contributed by atoms with Gasteiger partial charge >= 0.3 is 8.60 Å². The first-order chi connectivity index (χ1) is 16.5. The standard InChI is InChI=1S/C30H37O4P/c1-9-20(2)14-23-19-32-35(33-25-12-10-24(31-8)11-13-25)34-27-16-21(3)15-26-28(27)22(17-29(23,4)5)18-30(26,6)7/h9-16,19,22H,1,17-18H2,2-8H3/b20-14-,23-19+/t22-,35?/m0/s1. The van der Waals surface area contributed by atoms with Gasteiger partial charge in [-0.15, -0.1) is 0 Å². The van der Waals surface area contributed by atoms with E-state index in [-0.39, 0.29) is 10.8 Å². The molecule has 0 saturated heterocycles. The van der Waals surface area contributed by atoms with E-state index in [1.54, 1.807) is 7.11 Å². The lowest BCUT2D eigenvalue weighted by Crippen LogP contribution is -2.20. The molecule has 2 aromatic carbocycles. The van der Waals surface area contributed by atoms with Crippen molar-refractivity contribution in [1.82, 2.24) is 0 Å². The molecule has 0 spiro atoms. The van der Waals surface area contributed by atoms with Crippen LogP contribution in [0.5, 0.6) is 17.2 Å². The van der Waals surface area contributed by atoms with Crippen LogP contribution in [-0.4, -0.2) is 7.11 Å². The maximum atomic E-state index is 6.55. The van der Waals surface area contributed by atoms with Crippen molar-refractivity contribution in [2.45, 2.75) is 65.7 Å². The molecular weight excluding hydrogens is 455 g/mol. The van der Waals surface area contributed by atoms with Gasteiger partial charge in [0.15, 0.2) is 0 Å². The Bertz CT molecular complexity index is 1160. The summed E-state index contributed by atoms with van der Waals surface area (Å²) in [5.74, 6) is 2.69. The Hall–Kier alpha value is -2.71. The van der Waals surface area contributed by atoms with E-state index >= 15 is 0 Å². The highest BCUT2D eigenvalue weighted by atomic mass is 31.2. The number of allylic oxidation sites excluding steroid dienone is 4. The van der Waals surface area contributed by atoms with Crippen molar-refractivity contribution in [3.05, 3.63) is 89.2 Å². The van der Waals surface area contributed by atoms with Crippen LogP contribution in [0.1, 0.15) is 70.1 Å². The maximum absolute atomic E-state index is 6.55. The lowest BCUT2D eigenvalue weighted by atomic mass is 9.74. The highest BCUT2D eigenvalue weighted by molar-refractivity contribution is 7.42. The average Bonchev–Trinajstić information content (AvgIpc) is 3.04. The fraction of sp³-hybridized carbons (Fsp3) is 0.400. The number of hydrogen-bond donors (Lipinski definition) is 0. The topological polar surface area (TPSA) is 36.9 Å². The molecule has 1 aliphatic heterocycles. The van der Waals surface area contributed by atoms with Gasteiger partial charge in [-0.25, -0.2) is 0 Å². The molecule has 0 radical (unpaired) electrons. The summed E-state index contributed by atoms with van der Waals surface area (Å²) >= 11 is 0. The molecule has 186 valence electrons. The van der Waals surface area contributed by atoms with Gasteiger partial charge < -0.3 is 18.3 Å². The van der Waals surface area contributed by atoms with Gasteiger partial charge in [-0.2, -0.15) is 0 Å². The summed E-state index contributed by atoms with van der Waals surface area (Å²) in [5, 5.41) is 0. The Morgan fingerprint density at radius 3 is 2.37 bits per heavy atom. The van der Waals surface area contributed by atoms with Crippen molar-refractivity contribution in [2.75, 3.05) is 7.11 Å². The Labute approximate surface area is 211 Å². The summed E-state index contributed by atoms with van der Waals surface area (Å²) in [6, 6.07) is 11.9. The Morgan fingerprint density at radius 2 is 1.71 bits per heavy atom. The van der Waals surface area contributed by atoms with Crippen molar-refractivity contribution in [3.8, 4) is 17.2 Å². The molecule has 2 aliphatic rings. The number of ether oxygens (including phenoxy) is 1. The fourth-order valence-corrected chi connectivity index (χ4v) is 6.14. The van der Waals surface area contributed by atoms with Crippen LogP contribution < -0.4 is 13.8 Å². The van der Waals surface area contributed by atoms with Crippen LogP contribution in [-0.2, 0) is 9.94 Å². The van der Waals surface area contributed by atoms with E-state index in [0.717, 1.165) is 35.5 Å². The van der Waals surface area contributed by atoms with E-state index in [2.05, 4.69) is 66.3 Å². The van der Waals surface area contributed by atoms with Gasteiger partial charge in [0.1, 0.15) is 17.2 Å². The van der Waals surface area contributed by atoms with E-state index in [1.165, 1.54) is 16.7 Å². The first-order valence-electron chi connectivity index (χ1n) is 12.2. The van der Waals surface area contributed by atoms with Gasteiger partial charge in [0.25, 0.3) is 0 Å². The Kier molecular flexibility index (Phi) is 7.06. The molecule has 0 amide bonds. The molecule has 0 N–H and O–H groups in total. The molecular formula is C30H37O4P. The predicted octanol–water partition coefficient (Wildman–Crippen LogP) is 8.92. The summed E-state index contributed by atoms with van der Waals surface area (Å²) in [5.41, 5.74) is 6.01. The summed E-state index contributed by atoms with van der Waals surface area (Å²) < 4.78 is 24.4. The second-order valence-electron chi connectivity index (χ2n) is 11.0. The lowest BCUT2D eigenvalue weighted by Gasteiger charge is -2.32. The van der Waals surface area contributed by atoms with Crippen molar-refractivity contribution in [1.29, 1.82) is 0 Å². The summed E-state index contributed by atoms with van der Waals surface area (Å²) in [7, 11) is -0.0882. The van der Waals surface area contributed by atoms with E-state index in [0.29, 0.717) is 11.7 Å². The molecule has 1 unspecified atom stereocenters. The second kappa shape index (κ2) is 9.74. The predicted molar refractivity (Wildman–Crippen MR) is 144 cm³/mol. The maximum Gasteiger partial charge on any atom is 0.529 e. The van der Waals surface area contributed by atoms with Gasteiger partial charge in [0, 0.05) is 5.56 Å². The number of aryl methyl sites for hydroxylation is 1. The van der Waals surface area contributed by atoms with Gasteiger partial charge in [0.05, 0.1) is 13.4 Å². The minimum atomic E-state index is -1.74. The third-order valence-electron chi connectivity index (χ3n) is 7.10. The van der Waals surface area contributed by atoms with Crippen LogP contribution in [0.4, 0.5) is 0 Å². The zero-order valence-corrected chi connectivity index (χ0v) is 22.9. The molecule has 4 nitrogen and oxygen atoms in total. The quantitative estimate of drug-likeness (QED) is 0.308. The average molecular weight is 493 g/mol. The second-order valence-corrected chi connectivity index (χ2v) is 12.0. The molecule has 0 fully saturated rings. The van der Waals surface area contributed by atoms with Crippen LogP contribution >= 0.6 is 8.60 Å². The normalized spacial score (nSPS) is 24.2. The van der Waals surface area contributed by atoms with Crippen LogP contribution in [0.2, 0.25) is 0 Å². The van der Waals surface area contributed by atoms with Crippen molar-refractivity contribution >= 4 is 8.60 Å². The highest BCUT2D eigenvalue weighted by Gasteiger charge is 2.43. The largest absolute Gasteiger partial charge is 0.529 e. The van der Waals surface area contributed by atoms with Crippen molar-refractivity contribution < 1.29 is 18.3 Å². The molecule has 5 heteroatoms. The zero-order chi connectivity index (χ0) is 25.4. The molecule has 0 aromatic heterocycles. The van der Waals surface area contributed by atoms with Gasteiger partial charge in [-0.1, -0.05) is 58.1 Å². The minimum Gasteiger partial charge on any atom is -0.497 e. The summed E-state index contributed by atoms with van der Waals surface area (Å²) in [6.07, 6.45) is 7.94. The van der Waals surface area contributed by atoms with E-state index in [1.807, 2.05) is 36.6 Å². The number of benzene rings is 2. The number of rotatable bonds is 5. The minimum absolute atomic E-state index is 0.0749. The molecule has 1 heterocycles. The highest BCUT2D eigenvalue weighted by Crippen LogP contribution is 2.57. The van der Waals surface area contributed by atoms with Crippen LogP contribution in [0.3, 0.4) is 0 Å². The van der Waals surface area contributed by atoms with Gasteiger partial charge in [-0.05, 0) is 90.5 Å². The van der Waals surface area contributed by atoms with Crippen LogP contribution in [0.15, 0.2) is 72.5 Å². The monoisotopic (exact) mass is 492 g/mol. The van der Waals surface area contributed by atoms with E-state index in [4.69, 9.17) is 18.3 Å². The molecule has 0 bridgehead atoms. The SMILES string of the molecule is C=C/C(C)=C\C1=C/OP(Oc2ccc(OC)cc2)Oc2cc(C)cc3c2[C@@H](CC1(C)C)CC3(C)C. The Balaban J connectivity index is 1.81.